The van der Waals surface area contributed by atoms with Crippen LogP contribution in [0.5, 0.6) is 0 Å². The van der Waals surface area contributed by atoms with Crippen molar-refractivity contribution in [2.75, 3.05) is 26.2 Å². The van der Waals surface area contributed by atoms with Gasteiger partial charge in [0.25, 0.3) is 0 Å². The van der Waals surface area contributed by atoms with Gasteiger partial charge >= 0.3 is 0 Å². The SMILES string of the molecule is O=C(NCCCN1CCC(O)CC1)C1CC1c1ccco1. The summed E-state index contributed by atoms with van der Waals surface area (Å²) in [6, 6.07) is 3.82. The van der Waals surface area contributed by atoms with E-state index in [0.717, 1.165) is 57.6 Å². The van der Waals surface area contributed by atoms with Gasteiger partial charge in [0.15, 0.2) is 0 Å². The Morgan fingerprint density at radius 1 is 1.43 bits per heavy atom. The largest absolute Gasteiger partial charge is 0.469 e. The molecule has 2 fully saturated rings. The lowest BCUT2D eigenvalue weighted by Gasteiger charge is -2.29. The number of hydrogen-bond acceptors (Lipinski definition) is 4. The highest BCUT2D eigenvalue weighted by molar-refractivity contribution is 5.82. The predicted molar refractivity (Wildman–Crippen MR) is 78.9 cm³/mol. The molecule has 0 radical (unpaired) electrons. The van der Waals surface area contributed by atoms with E-state index in [2.05, 4.69) is 10.2 Å². The number of rotatable bonds is 6. The van der Waals surface area contributed by atoms with Gasteiger partial charge in [-0.25, -0.2) is 0 Å². The molecule has 1 aromatic rings. The Bertz CT molecular complexity index is 452. The molecule has 2 heterocycles. The summed E-state index contributed by atoms with van der Waals surface area (Å²) in [6.45, 7) is 3.68. The van der Waals surface area contributed by atoms with Crippen LogP contribution in [0, 0.1) is 5.92 Å². The number of nitrogens with zero attached hydrogens (tertiary/aromatic N) is 1. The average molecular weight is 292 g/mol. The second-order valence-corrected chi connectivity index (χ2v) is 6.18. The van der Waals surface area contributed by atoms with Crippen molar-refractivity contribution in [3.8, 4) is 0 Å². The van der Waals surface area contributed by atoms with Crippen LogP contribution < -0.4 is 5.32 Å². The third-order valence-electron chi connectivity index (χ3n) is 4.54. The minimum absolute atomic E-state index is 0.0984. The number of carbonyl (C=O) groups excluding carboxylic acids is 1. The normalized spacial score (nSPS) is 26.7. The number of hydrogen-bond donors (Lipinski definition) is 2. The smallest absolute Gasteiger partial charge is 0.223 e. The first-order chi connectivity index (χ1) is 10.2. The van der Waals surface area contributed by atoms with Gasteiger partial charge in [0.05, 0.1) is 12.4 Å². The van der Waals surface area contributed by atoms with Crippen molar-refractivity contribution in [3.63, 3.8) is 0 Å². The van der Waals surface area contributed by atoms with Crippen LogP contribution in [0.15, 0.2) is 22.8 Å². The zero-order valence-corrected chi connectivity index (χ0v) is 12.3. The van der Waals surface area contributed by atoms with Crippen LogP contribution in [-0.4, -0.2) is 48.2 Å². The molecule has 5 heteroatoms. The molecule has 1 aromatic heterocycles. The van der Waals surface area contributed by atoms with E-state index in [1.54, 1.807) is 6.26 Å². The summed E-state index contributed by atoms with van der Waals surface area (Å²) < 4.78 is 5.34. The molecule has 0 bridgehead atoms. The number of likely N-dealkylation sites (tertiary alicyclic amines) is 1. The molecule has 0 spiro atoms. The molecule has 1 saturated heterocycles. The lowest BCUT2D eigenvalue weighted by atomic mass is 10.1. The van der Waals surface area contributed by atoms with E-state index < -0.39 is 0 Å². The Morgan fingerprint density at radius 2 is 2.24 bits per heavy atom. The van der Waals surface area contributed by atoms with Gasteiger partial charge in [-0.15, -0.1) is 0 Å². The van der Waals surface area contributed by atoms with Crippen LogP contribution in [0.3, 0.4) is 0 Å². The maximum absolute atomic E-state index is 12.0. The van der Waals surface area contributed by atoms with E-state index in [1.807, 2.05) is 12.1 Å². The number of amides is 1. The topological polar surface area (TPSA) is 65.7 Å². The highest BCUT2D eigenvalue weighted by atomic mass is 16.3. The van der Waals surface area contributed by atoms with Crippen LogP contribution in [-0.2, 0) is 4.79 Å². The van der Waals surface area contributed by atoms with Crippen LogP contribution >= 0.6 is 0 Å². The molecular weight excluding hydrogens is 268 g/mol. The maximum atomic E-state index is 12.0. The van der Waals surface area contributed by atoms with Crippen molar-refractivity contribution in [2.45, 2.75) is 37.7 Å². The van der Waals surface area contributed by atoms with Gasteiger partial charge in [-0.3, -0.25) is 4.79 Å². The van der Waals surface area contributed by atoms with E-state index in [0.29, 0.717) is 0 Å². The van der Waals surface area contributed by atoms with Crippen LogP contribution in [0.1, 0.15) is 37.4 Å². The third kappa shape index (κ3) is 3.86. The van der Waals surface area contributed by atoms with Gasteiger partial charge in [0.2, 0.25) is 5.91 Å². The zero-order chi connectivity index (χ0) is 14.7. The van der Waals surface area contributed by atoms with Gasteiger partial charge in [0.1, 0.15) is 5.76 Å². The monoisotopic (exact) mass is 292 g/mol. The van der Waals surface area contributed by atoms with Gasteiger partial charge in [-0.1, -0.05) is 0 Å². The molecule has 1 aliphatic carbocycles. The highest BCUT2D eigenvalue weighted by Crippen LogP contribution is 2.47. The van der Waals surface area contributed by atoms with E-state index in [1.165, 1.54) is 0 Å². The van der Waals surface area contributed by atoms with Crippen molar-refractivity contribution in [1.82, 2.24) is 10.2 Å². The molecule has 21 heavy (non-hydrogen) atoms. The molecule has 2 N–H and O–H groups in total. The van der Waals surface area contributed by atoms with Gasteiger partial charge in [-0.2, -0.15) is 0 Å². The summed E-state index contributed by atoms with van der Waals surface area (Å²) in [7, 11) is 0. The lowest BCUT2D eigenvalue weighted by Crippen LogP contribution is -2.37. The molecule has 2 aliphatic rings. The Balaban J connectivity index is 1.29. The minimum atomic E-state index is -0.116. The Labute approximate surface area is 125 Å². The van der Waals surface area contributed by atoms with Gasteiger partial charge < -0.3 is 19.7 Å². The van der Waals surface area contributed by atoms with E-state index in [9.17, 15) is 9.90 Å². The molecule has 0 aromatic carbocycles. The first-order valence-corrected chi connectivity index (χ1v) is 7.95. The van der Waals surface area contributed by atoms with Crippen LogP contribution in [0.4, 0.5) is 0 Å². The fourth-order valence-corrected chi connectivity index (χ4v) is 3.09. The number of aliphatic hydroxyl groups excluding tert-OH is 1. The van der Waals surface area contributed by atoms with Crippen molar-refractivity contribution in [1.29, 1.82) is 0 Å². The summed E-state index contributed by atoms with van der Waals surface area (Å²) in [5.41, 5.74) is 0. The summed E-state index contributed by atoms with van der Waals surface area (Å²) in [4.78, 5) is 14.4. The Morgan fingerprint density at radius 3 is 2.95 bits per heavy atom. The molecule has 1 saturated carbocycles. The van der Waals surface area contributed by atoms with E-state index in [-0.39, 0.29) is 23.8 Å². The molecule has 1 amide bonds. The molecule has 3 rings (SSSR count). The first kappa shape index (κ1) is 14.6. The number of furan rings is 1. The Kier molecular flexibility index (Phi) is 4.60. The standard InChI is InChI=1S/C16H24N2O3/c19-12-4-8-18(9-5-12)7-2-6-17-16(20)14-11-13(14)15-3-1-10-21-15/h1,3,10,12-14,19H,2,4-9,11H2,(H,17,20). The van der Waals surface area contributed by atoms with Crippen molar-refractivity contribution >= 4 is 5.91 Å². The quantitative estimate of drug-likeness (QED) is 0.777. The second-order valence-electron chi connectivity index (χ2n) is 6.18. The third-order valence-corrected chi connectivity index (χ3v) is 4.54. The number of nitrogens with one attached hydrogen (secondary N) is 1. The van der Waals surface area contributed by atoms with Crippen molar-refractivity contribution in [3.05, 3.63) is 24.2 Å². The molecule has 5 nitrogen and oxygen atoms in total. The molecule has 116 valence electrons. The average Bonchev–Trinajstić information content (AvgIpc) is 3.11. The van der Waals surface area contributed by atoms with Crippen molar-refractivity contribution < 1.29 is 14.3 Å². The summed E-state index contributed by atoms with van der Waals surface area (Å²) in [6.07, 6.45) is 5.18. The summed E-state index contributed by atoms with van der Waals surface area (Å²) in [5, 5.41) is 12.5. The van der Waals surface area contributed by atoms with Gasteiger partial charge in [0, 0.05) is 31.5 Å². The predicted octanol–water partition coefficient (Wildman–Crippen LogP) is 1.35. The van der Waals surface area contributed by atoms with E-state index in [4.69, 9.17) is 4.42 Å². The lowest BCUT2D eigenvalue weighted by molar-refractivity contribution is -0.122. The fourth-order valence-electron chi connectivity index (χ4n) is 3.09. The molecule has 1 aliphatic heterocycles. The molecule has 2 unspecified atom stereocenters. The number of piperidine rings is 1. The number of carbonyl (C=O) groups is 1. The van der Waals surface area contributed by atoms with Crippen LogP contribution in [0.25, 0.3) is 0 Å². The van der Waals surface area contributed by atoms with Crippen LogP contribution in [0.2, 0.25) is 0 Å². The second kappa shape index (κ2) is 6.62. The summed E-state index contributed by atoms with van der Waals surface area (Å²) >= 11 is 0. The highest BCUT2D eigenvalue weighted by Gasteiger charge is 2.45. The zero-order valence-electron chi connectivity index (χ0n) is 12.3. The first-order valence-electron chi connectivity index (χ1n) is 7.95. The van der Waals surface area contributed by atoms with E-state index >= 15 is 0 Å². The molecule has 2 atom stereocenters. The minimum Gasteiger partial charge on any atom is -0.469 e. The summed E-state index contributed by atoms with van der Waals surface area (Å²) in [5.74, 6) is 1.47. The molecular formula is C16H24N2O3. The number of aliphatic hydroxyl groups is 1. The maximum Gasteiger partial charge on any atom is 0.223 e. The fraction of sp³-hybridized carbons (Fsp3) is 0.688. The Hall–Kier alpha value is -1.33. The van der Waals surface area contributed by atoms with Crippen molar-refractivity contribution in [2.24, 2.45) is 5.92 Å². The van der Waals surface area contributed by atoms with Gasteiger partial charge in [-0.05, 0) is 44.4 Å².